The Kier molecular flexibility index (Phi) is 5.98. The van der Waals surface area contributed by atoms with Gasteiger partial charge in [-0.3, -0.25) is 14.7 Å². The van der Waals surface area contributed by atoms with Gasteiger partial charge in [0.2, 0.25) is 0 Å². The van der Waals surface area contributed by atoms with E-state index in [1.54, 1.807) is 44.4 Å². The van der Waals surface area contributed by atoms with Gasteiger partial charge in [-0.1, -0.05) is 28.1 Å². The number of halogens is 1. The zero-order valence-electron chi connectivity index (χ0n) is 14.7. The topological polar surface area (TPSA) is 78.1 Å². The van der Waals surface area contributed by atoms with Crippen molar-refractivity contribution in [2.75, 3.05) is 19.4 Å². The summed E-state index contributed by atoms with van der Waals surface area (Å²) in [7, 11) is 3.41. The first-order valence-electron chi connectivity index (χ1n) is 8.04. The third-order valence-electron chi connectivity index (χ3n) is 3.64. The summed E-state index contributed by atoms with van der Waals surface area (Å²) in [4.78, 5) is 26.4. The number of nitrogens with zero attached hydrogens (tertiary/aromatic N) is 2. The lowest BCUT2D eigenvalue weighted by Crippen LogP contribution is -2.16. The van der Waals surface area contributed by atoms with Crippen molar-refractivity contribution in [1.82, 2.24) is 15.1 Å². The van der Waals surface area contributed by atoms with E-state index in [9.17, 15) is 9.59 Å². The quantitative estimate of drug-likeness (QED) is 0.562. The van der Waals surface area contributed by atoms with Crippen molar-refractivity contribution in [3.63, 3.8) is 0 Å². The molecular weight excluding hydrogens is 428 g/mol. The van der Waals surface area contributed by atoms with Crippen LogP contribution in [0.5, 0.6) is 0 Å². The molecule has 1 aromatic heterocycles. The standard InChI is InChI=1S/C19H17BrN4O2S/c1-24(2)19(26)27-15-9-7-14(8-10-15)21-18(25)17-11-16(22-23-17)12-3-5-13(20)6-4-12/h3-11H,1-2H3,(H,21,25)(H,22,23). The molecule has 1 heterocycles. The normalized spacial score (nSPS) is 10.5. The fraction of sp³-hybridized carbons (Fsp3) is 0.105. The molecule has 3 aromatic rings. The highest BCUT2D eigenvalue weighted by Gasteiger charge is 2.12. The average molecular weight is 445 g/mol. The fourth-order valence-electron chi connectivity index (χ4n) is 2.20. The van der Waals surface area contributed by atoms with Crippen molar-refractivity contribution in [3.8, 4) is 11.3 Å². The summed E-state index contributed by atoms with van der Waals surface area (Å²) in [6.07, 6.45) is 0. The van der Waals surface area contributed by atoms with Crippen LogP contribution in [-0.4, -0.2) is 40.3 Å². The van der Waals surface area contributed by atoms with E-state index in [1.165, 1.54) is 4.90 Å². The molecule has 2 N–H and O–H groups in total. The smallest absolute Gasteiger partial charge is 0.285 e. The van der Waals surface area contributed by atoms with Gasteiger partial charge in [-0.15, -0.1) is 0 Å². The average Bonchev–Trinajstić information content (AvgIpc) is 3.14. The van der Waals surface area contributed by atoms with Gasteiger partial charge in [0.1, 0.15) is 5.69 Å². The Morgan fingerprint density at radius 2 is 1.74 bits per heavy atom. The minimum atomic E-state index is -0.282. The van der Waals surface area contributed by atoms with Gasteiger partial charge in [0.05, 0.1) is 5.69 Å². The number of carbonyl (C=O) groups excluding carboxylic acids is 2. The number of aromatic nitrogens is 2. The van der Waals surface area contributed by atoms with E-state index in [4.69, 9.17) is 0 Å². The minimum Gasteiger partial charge on any atom is -0.339 e. The molecule has 0 fully saturated rings. The predicted octanol–water partition coefficient (Wildman–Crippen LogP) is 4.87. The van der Waals surface area contributed by atoms with Gasteiger partial charge >= 0.3 is 0 Å². The van der Waals surface area contributed by atoms with Gasteiger partial charge in [-0.2, -0.15) is 5.10 Å². The molecule has 138 valence electrons. The fourth-order valence-corrected chi connectivity index (χ4v) is 3.12. The summed E-state index contributed by atoms with van der Waals surface area (Å²) in [6, 6.07) is 16.5. The number of aromatic amines is 1. The van der Waals surface area contributed by atoms with E-state index in [1.807, 2.05) is 24.3 Å². The largest absolute Gasteiger partial charge is 0.339 e. The first-order chi connectivity index (χ1) is 12.9. The van der Waals surface area contributed by atoms with Crippen LogP contribution >= 0.6 is 27.7 Å². The molecule has 2 aromatic carbocycles. The number of benzene rings is 2. The summed E-state index contributed by atoms with van der Waals surface area (Å²) in [5.74, 6) is -0.282. The van der Waals surface area contributed by atoms with Gasteiger partial charge < -0.3 is 10.2 Å². The van der Waals surface area contributed by atoms with Crippen molar-refractivity contribution in [2.45, 2.75) is 4.90 Å². The Hall–Kier alpha value is -2.58. The Morgan fingerprint density at radius 3 is 2.37 bits per heavy atom. The van der Waals surface area contributed by atoms with E-state index in [-0.39, 0.29) is 11.1 Å². The molecule has 6 nitrogen and oxygen atoms in total. The number of amides is 2. The van der Waals surface area contributed by atoms with Gasteiger partial charge in [0.15, 0.2) is 0 Å². The SMILES string of the molecule is CN(C)C(=O)Sc1ccc(NC(=O)c2cc(-c3ccc(Br)cc3)n[nH]2)cc1. The van der Waals surface area contributed by atoms with Crippen molar-refractivity contribution < 1.29 is 9.59 Å². The van der Waals surface area contributed by atoms with E-state index < -0.39 is 0 Å². The second-order valence-corrected chi connectivity index (χ2v) is 7.86. The van der Waals surface area contributed by atoms with Crippen LogP contribution in [0.1, 0.15) is 10.5 Å². The van der Waals surface area contributed by atoms with Crippen molar-refractivity contribution >= 4 is 44.5 Å². The maximum atomic E-state index is 12.4. The van der Waals surface area contributed by atoms with Crippen LogP contribution in [0, 0.1) is 0 Å². The highest BCUT2D eigenvalue weighted by atomic mass is 79.9. The third kappa shape index (κ3) is 4.99. The molecule has 3 rings (SSSR count). The monoisotopic (exact) mass is 444 g/mol. The number of nitrogens with one attached hydrogen (secondary N) is 2. The van der Waals surface area contributed by atoms with E-state index >= 15 is 0 Å². The van der Waals surface area contributed by atoms with Gasteiger partial charge in [0, 0.05) is 34.7 Å². The van der Waals surface area contributed by atoms with Crippen LogP contribution in [-0.2, 0) is 0 Å². The van der Waals surface area contributed by atoms with Crippen LogP contribution in [0.15, 0.2) is 64.0 Å². The number of rotatable bonds is 4. The summed E-state index contributed by atoms with van der Waals surface area (Å²) in [5, 5.41) is 9.72. The highest BCUT2D eigenvalue weighted by Crippen LogP contribution is 2.23. The Balaban J connectivity index is 1.65. The van der Waals surface area contributed by atoms with E-state index in [0.717, 1.165) is 26.7 Å². The first-order valence-corrected chi connectivity index (χ1v) is 9.65. The van der Waals surface area contributed by atoms with E-state index in [2.05, 4.69) is 31.4 Å². The second-order valence-electron chi connectivity index (χ2n) is 5.91. The van der Waals surface area contributed by atoms with Crippen LogP contribution in [0.2, 0.25) is 0 Å². The van der Waals surface area contributed by atoms with Crippen LogP contribution in [0.4, 0.5) is 10.5 Å². The number of carbonyl (C=O) groups is 2. The number of hydrogen-bond acceptors (Lipinski definition) is 4. The molecule has 0 saturated heterocycles. The minimum absolute atomic E-state index is 0.0512. The van der Waals surface area contributed by atoms with Gasteiger partial charge in [-0.05, 0) is 54.2 Å². The zero-order chi connectivity index (χ0) is 19.4. The predicted molar refractivity (Wildman–Crippen MR) is 111 cm³/mol. The van der Waals surface area contributed by atoms with Crippen LogP contribution in [0.3, 0.4) is 0 Å². The van der Waals surface area contributed by atoms with Gasteiger partial charge in [-0.25, -0.2) is 0 Å². The number of anilines is 1. The third-order valence-corrected chi connectivity index (χ3v) is 5.22. The maximum Gasteiger partial charge on any atom is 0.285 e. The molecule has 0 spiro atoms. The summed E-state index contributed by atoms with van der Waals surface area (Å²) < 4.78 is 0.980. The van der Waals surface area contributed by atoms with Crippen molar-refractivity contribution in [2.24, 2.45) is 0 Å². The molecule has 0 aliphatic carbocycles. The lowest BCUT2D eigenvalue weighted by Gasteiger charge is -2.09. The first kappa shape index (κ1) is 19.2. The molecule has 0 aliphatic rings. The molecule has 0 atom stereocenters. The molecule has 0 radical (unpaired) electrons. The Morgan fingerprint density at radius 1 is 1.07 bits per heavy atom. The lowest BCUT2D eigenvalue weighted by molar-refractivity contribution is 0.102. The zero-order valence-corrected chi connectivity index (χ0v) is 17.1. The second kappa shape index (κ2) is 8.41. The summed E-state index contributed by atoms with van der Waals surface area (Å²) in [6.45, 7) is 0. The molecular formula is C19H17BrN4O2S. The molecule has 0 saturated carbocycles. The molecule has 27 heavy (non-hydrogen) atoms. The molecule has 0 bridgehead atoms. The van der Waals surface area contributed by atoms with Crippen LogP contribution in [0.25, 0.3) is 11.3 Å². The lowest BCUT2D eigenvalue weighted by atomic mass is 10.1. The van der Waals surface area contributed by atoms with Crippen molar-refractivity contribution in [1.29, 1.82) is 0 Å². The molecule has 0 aliphatic heterocycles. The maximum absolute atomic E-state index is 12.4. The van der Waals surface area contributed by atoms with Gasteiger partial charge in [0.25, 0.3) is 11.1 Å². The molecule has 2 amide bonds. The Labute approximate surface area is 169 Å². The number of thioether (sulfide) groups is 1. The molecule has 0 unspecified atom stereocenters. The number of H-pyrrole nitrogens is 1. The van der Waals surface area contributed by atoms with Crippen molar-refractivity contribution in [3.05, 3.63) is 64.8 Å². The summed E-state index contributed by atoms with van der Waals surface area (Å²) in [5.41, 5.74) is 2.62. The van der Waals surface area contributed by atoms with E-state index in [0.29, 0.717) is 17.1 Å². The molecule has 8 heteroatoms. The highest BCUT2D eigenvalue weighted by molar-refractivity contribution is 9.10. The summed E-state index contributed by atoms with van der Waals surface area (Å²) >= 11 is 4.53. The Bertz CT molecular complexity index is 953. The van der Waals surface area contributed by atoms with Crippen LogP contribution < -0.4 is 5.32 Å². The number of hydrogen-bond donors (Lipinski definition) is 2.